The lowest BCUT2D eigenvalue weighted by molar-refractivity contribution is 0.254. The van der Waals surface area contributed by atoms with Crippen molar-refractivity contribution in [3.05, 3.63) is 0 Å². The quantitative estimate of drug-likeness (QED) is 0.335. The average molecular weight is 323 g/mol. The Kier molecular flexibility index (Phi) is 13.4. The molecular weight excluding hydrogens is 288 g/mol. The van der Waals surface area contributed by atoms with Crippen molar-refractivity contribution in [2.24, 2.45) is 5.92 Å². The van der Waals surface area contributed by atoms with Crippen molar-refractivity contribution in [1.82, 2.24) is 0 Å². The van der Waals surface area contributed by atoms with E-state index in [2.05, 4.69) is 18.0 Å². The second-order valence-electron chi connectivity index (χ2n) is 6.11. The Labute approximate surface area is 131 Å². The Hall–Kier alpha value is -0.130. The second kappa shape index (κ2) is 13.5. The third-order valence-electron chi connectivity index (χ3n) is 3.87. The van der Waals surface area contributed by atoms with E-state index < -0.39 is 10.4 Å². The van der Waals surface area contributed by atoms with Gasteiger partial charge in [-0.25, -0.2) is 4.18 Å². The summed E-state index contributed by atoms with van der Waals surface area (Å²) in [4.78, 5) is 0. The van der Waals surface area contributed by atoms with E-state index in [9.17, 15) is 8.42 Å². The normalized spacial score (nSPS) is 13.5. The van der Waals surface area contributed by atoms with Crippen molar-refractivity contribution in [2.75, 3.05) is 6.61 Å². The lowest BCUT2D eigenvalue weighted by atomic mass is 9.97. The molecule has 0 aromatic heterocycles. The third-order valence-corrected chi connectivity index (χ3v) is 4.34. The lowest BCUT2D eigenvalue weighted by Crippen LogP contribution is -2.06. The molecule has 0 rings (SSSR count). The Morgan fingerprint density at radius 2 is 1.33 bits per heavy atom. The van der Waals surface area contributed by atoms with Crippen LogP contribution in [0, 0.1) is 5.92 Å². The first-order valence-corrected chi connectivity index (χ1v) is 9.94. The summed E-state index contributed by atoms with van der Waals surface area (Å²) in [5.41, 5.74) is 0. The first-order chi connectivity index (χ1) is 9.95. The molecule has 0 amide bonds. The SMILES string of the molecule is CCCCCCCCCCCC(C)CCCOS(=O)(=O)O. The van der Waals surface area contributed by atoms with Gasteiger partial charge in [-0.15, -0.1) is 0 Å². The van der Waals surface area contributed by atoms with Crippen LogP contribution in [0.25, 0.3) is 0 Å². The maximum atomic E-state index is 10.4. The summed E-state index contributed by atoms with van der Waals surface area (Å²) in [5, 5.41) is 0. The molecule has 0 saturated carbocycles. The summed E-state index contributed by atoms with van der Waals surface area (Å²) >= 11 is 0. The number of rotatable bonds is 15. The first-order valence-electron chi connectivity index (χ1n) is 8.57. The highest BCUT2D eigenvalue weighted by Gasteiger charge is 2.06. The summed E-state index contributed by atoms with van der Waals surface area (Å²) in [6.07, 6.45) is 14.9. The molecule has 4 nitrogen and oxygen atoms in total. The van der Waals surface area contributed by atoms with E-state index in [1.54, 1.807) is 0 Å². The van der Waals surface area contributed by atoms with Gasteiger partial charge in [0.2, 0.25) is 0 Å². The minimum Gasteiger partial charge on any atom is -0.264 e. The zero-order chi connectivity index (χ0) is 16.0. The summed E-state index contributed by atoms with van der Waals surface area (Å²) in [5.74, 6) is 0.597. The largest absolute Gasteiger partial charge is 0.397 e. The molecule has 1 atom stereocenters. The molecule has 0 aromatic carbocycles. The topological polar surface area (TPSA) is 63.6 Å². The molecule has 1 N–H and O–H groups in total. The molecule has 128 valence electrons. The fraction of sp³-hybridized carbons (Fsp3) is 1.00. The van der Waals surface area contributed by atoms with Gasteiger partial charge in [0.15, 0.2) is 0 Å². The highest BCUT2D eigenvalue weighted by atomic mass is 32.3. The van der Waals surface area contributed by atoms with Crippen LogP contribution >= 0.6 is 0 Å². The predicted molar refractivity (Wildman–Crippen MR) is 87.7 cm³/mol. The Balaban J connectivity index is 3.24. The second-order valence-corrected chi connectivity index (χ2v) is 7.21. The first kappa shape index (κ1) is 20.9. The highest BCUT2D eigenvalue weighted by Crippen LogP contribution is 2.16. The monoisotopic (exact) mass is 322 g/mol. The molecule has 0 bridgehead atoms. The molecule has 1 unspecified atom stereocenters. The maximum Gasteiger partial charge on any atom is 0.397 e. The van der Waals surface area contributed by atoms with Crippen LogP contribution in [0.15, 0.2) is 0 Å². The van der Waals surface area contributed by atoms with Crippen molar-refractivity contribution in [1.29, 1.82) is 0 Å². The van der Waals surface area contributed by atoms with Gasteiger partial charge in [-0.3, -0.25) is 4.55 Å². The molecule has 0 radical (unpaired) electrons. The van der Waals surface area contributed by atoms with Crippen molar-refractivity contribution in [2.45, 2.75) is 90.9 Å². The summed E-state index contributed by atoms with van der Waals surface area (Å²) in [6.45, 7) is 4.52. The van der Waals surface area contributed by atoms with Gasteiger partial charge < -0.3 is 0 Å². The molecule has 0 aliphatic carbocycles. The van der Waals surface area contributed by atoms with Crippen molar-refractivity contribution < 1.29 is 17.2 Å². The van der Waals surface area contributed by atoms with Crippen LogP contribution in [0.5, 0.6) is 0 Å². The van der Waals surface area contributed by atoms with Gasteiger partial charge >= 0.3 is 10.4 Å². The Bertz CT molecular complexity index is 314. The molecule has 0 aliphatic rings. The summed E-state index contributed by atoms with van der Waals surface area (Å²) in [6, 6.07) is 0. The van der Waals surface area contributed by atoms with Crippen LogP contribution in [-0.4, -0.2) is 19.6 Å². The van der Waals surface area contributed by atoms with Crippen molar-refractivity contribution >= 4 is 10.4 Å². The van der Waals surface area contributed by atoms with E-state index in [0.29, 0.717) is 12.3 Å². The smallest absolute Gasteiger partial charge is 0.264 e. The molecular formula is C16H34O4S. The van der Waals surface area contributed by atoms with Crippen LogP contribution in [0.4, 0.5) is 0 Å². The number of hydrogen-bond donors (Lipinski definition) is 1. The van der Waals surface area contributed by atoms with Crippen LogP contribution in [0.2, 0.25) is 0 Å². The maximum absolute atomic E-state index is 10.4. The molecule has 21 heavy (non-hydrogen) atoms. The standard InChI is InChI=1S/C16H34O4S/c1-3-4-5-6-7-8-9-10-11-13-16(2)14-12-15-20-21(17,18)19/h16H,3-15H2,1-2H3,(H,17,18,19). The Morgan fingerprint density at radius 1 is 0.857 bits per heavy atom. The molecule has 5 heteroatoms. The molecule has 0 aliphatic heterocycles. The van der Waals surface area contributed by atoms with Gasteiger partial charge in [0.25, 0.3) is 0 Å². The minimum atomic E-state index is -4.26. The van der Waals surface area contributed by atoms with Crippen LogP contribution in [-0.2, 0) is 14.6 Å². The lowest BCUT2D eigenvalue weighted by Gasteiger charge is -2.10. The number of unbranched alkanes of at least 4 members (excludes halogenated alkanes) is 8. The summed E-state index contributed by atoms with van der Waals surface area (Å²) in [7, 11) is -4.26. The van der Waals surface area contributed by atoms with E-state index in [1.165, 1.54) is 64.2 Å². The molecule has 0 spiro atoms. The van der Waals surface area contributed by atoms with Crippen LogP contribution in [0.1, 0.15) is 90.9 Å². The van der Waals surface area contributed by atoms with Crippen molar-refractivity contribution in [3.63, 3.8) is 0 Å². The van der Waals surface area contributed by atoms with E-state index in [-0.39, 0.29) is 6.61 Å². The Morgan fingerprint density at radius 3 is 1.86 bits per heavy atom. The fourth-order valence-corrected chi connectivity index (χ4v) is 2.87. The summed E-state index contributed by atoms with van der Waals surface area (Å²) < 4.78 is 33.5. The fourth-order valence-electron chi connectivity index (χ4n) is 2.54. The average Bonchev–Trinajstić information content (AvgIpc) is 2.41. The van der Waals surface area contributed by atoms with Gasteiger partial charge in [-0.1, -0.05) is 78.1 Å². The molecule has 0 fully saturated rings. The van der Waals surface area contributed by atoms with E-state index in [4.69, 9.17) is 4.55 Å². The minimum absolute atomic E-state index is 0.0843. The molecule has 0 heterocycles. The molecule has 0 aromatic rings. The van der Waals surface area contributed by atoms with Crippen LogP contribution in [0.3, 0.4) is 0 Å². The van der Waals surface area contributed by atoms with Crippen molar-refractivity contribution in [3.8, 4) is 0 Å². The molecule has 0 saturated heterocycles. The van der Waals surface area contributed by atoms with E-state index in [1.807, 2.05) is 0 Å². The van der Waals surface area contributed by atoms with Gasteiger partial charge in [0, 0.05) is 0 Å². The van der Waals surface area contributed by atoms with Gasteiger partial charge in [0.1, 0.15) is 0 Å². The van der Waals surface area contributed by atoms with Crippen LogP contribution < -0.4 is 0 Å². The predicted octanol–water partition coefficient (Wildman–Crippen LogP) is 5.14. The zero-order valence-electron chi connectivity index (χ0n) is 13.8. The zero-order valence-corrected chi connectivity index (χ0v) is 14.7. The number of hydrogen-bond acceptors (Lipinski definition) is 3. The van der Waals surface area contributed by atoms with Gasteiger partial charge in [-0.05, 0) is 18.8 Å². The van der Waals surface area contributed by atoms with E-state index in [0.717, 1.165) is 6.42 Å². The van der Waals surface area contributed by atoms with E-state index >= 15 is 0 Å². The van der Waals surface area contributed by atoms with Gasteiger partial charge in [-0.2, -0.15) is 8.42 Å². The third kappa shape index (κ3) is 17.8. The van der Waals surface area contributed by atoms with Gasteiger partial charge in [0.05, 0.1) is 6.61 Å². The highest BCUT2D eigenvalue weighted by molar-refractivity contribution is 7.80.